The largest absolute Gasteiger partial charge is 0.162 e. The van der Waals surface area contributed by atoms with Gasteiger partial charge in [0.25, 0.3) is 0 Å². The third-order valence-electron chi connectivity index (χ3n) is 1.66. The fourth-order valence-corrected chi connectivity index (χ4v) is 1.42. The second kappa shape index (κ2) is 2.08. The van der Waals surface area contributed by atoms with Crippen molar-refractivity contribution in [3.63, 3.8) is 0 Å². The average Bonchev–Trinajstić information content (AvgIpc) is 2.44. The summed E-state index contributed by atoms with van der Waals surface area (Å²) >= 11 is 2.00. The molecule has 1 aliphatic rings. The third kappa shape index (κ3) is 1.37. The zero-order valence-electron chi connectivity index (χ0n) is 4.98. The lowest BCUT2D eigenvalue weighted by Gasteiger charge is -2.01. The summed E-state index contributed by atoms with van der Waals surface area (Å²) in [5.74, 6) is 1.08. The van der Waals surface area contributed by atoms with Crippen LogP contribution >= 0.6 is 11.8 Å². The molecule has 0 spiro atoms. The Hall–Kier alpha value is 0.350. The maximum atomic E-state index is 2.32. The van der Waals surface area contributed by atoms with E-state index in [1.165, 1.54) is 12.8 Å². The van der Waals surface area contributed by atoms with Gasteiger partial charge in [0.1, 0.15) is 0 Å². The minimum Gasteiger partial charge on any atom is -0.162 e. The molecule has 1 rings (SSSR count). The first-order valence-electron chi connectivity index (χ1n) is 2.87. The van der Waals surface area contributed by atoms with E-state index in [0.717, 1.165) is 11.2 Å². The van der Waals surface area contributed by atoms with Crippen LogP contribution in [-0.4, -0.2) is 11.5 Å². The Morgan fingerprint density at radius 2 is 2.14 bits per heavy atom. The highest BCUT2D eigenvalue weighted by atomic mass is 32.2. The van der Waals surface area contributed by atoms with Crippen LogP contribution in [0.3, 0.4) is 0 Å². The van der Waals surface area contributed by atoms with Gasteiger partial charge in [0.05, 0.1) is 0 Å². The molecule has 0 amide bonds. The van der Waals surface area contributed by atoms with Crippen LogP contribution in [0.25, 0.3) is 0 Å². The van der Waals surface area contributed by atoms with E-state index in [9.17, 15) is 0 Å². The van der Waals surface area contributed by atoms with Crippen LogP contribution in [0.15, 0.2) is 0 Å². The van der Waals surface area contributed by atoms with E-state index in [1.54, 1.807) is 0 Å². The average molecular weight is 116 g/mol. The highest BCUT2D eigenvalue weighted by molar-refractivity contribution is 7.99. The Morgan fingerprint density at radius 1 is 1.57 bits per heavy atom. The van der Waals surface area contributed by atoms with Gasteiger partial charge in [-0.25, -0.2) is 0 Å². The fourth-order valence-electron chi connectivity index (χ4n) is 0.758. The van der Waals surface area contributed by atoms with Crippen LogP contribution in [-0.2, 0) is 0 Å². The van der Waals surface area contributed by atoms with Gasteiger partial charge in [-0.05, 0) is 25.0 Å². The Kier molecular flexibility index (Phi) is 1.63. The molecule has 0 saturated heterocycles. The summed E-state index contributed by atoms with van der Waals surface area (Å²) in [5.41, 5.74) is 0. The van der Waals surface area contributed by atoms with Gasteiger partial charge in [0.15, 0.2) is 0 Å². The van der Waals surface area contributed by atoms with Gasteiger partial charge in [0.2, 0.25) is 0 Å². The van der Waals surface area contributed by atoms with Crippen LogP contribution in [0.2, 0.25) is 0 Å². The van der Waals surface area contributed by atoms with Crippen LogP contribution in [0.4, 0.5) is 0 Å². The lowest BCUT2D eigenvalue weighted by Crippen LogP contribution is -1.95. The molecule has 0 aliphatic heterocycles. The molecule has 1 fully saturated rings. The van der Waals surface area contributed by atoms with E-state index < -0.39 is 0 Å². The van der Waals surface area contributed by atoms with Gasteiger partial charge in [-0.15, -0.1) is 0 Å². The molecule has 0 radical (unpaired) electrons. The van der Waals surface area contributed by atoms with Gasteiger partial charge in [-0.2, -0.15) is 11.8 Å². The van der Waals surface area contributed by atoms with Gasteiger partial charge in [0, 0.05) is 5.25 Å². The van der Waals surface area contributed by atoms with Crippen LogP contribution in [0.1, 0.15) is 19.8 Å². The van der Waals surface area contributed by atoms with Crippen molar-refractivity contribution in [2.24, 2.45) is 5.92 Å². The fraction of sp³-hybridized carbons (Fsp3) is 1.00. The van der Waals surface area contributed by atoms with Crippen molar-refractivity contribution in [3.05, 3.63) is 0 Å². The molecule has 0 aromatic heterocycles. The topological polar surface area (TPSA) is 0 Å². The zero-order chi connectivity index (χ0) is 5.28. The van der Waals surface area contributed by atoms with E-state index >= 15 is 0 Å². The summed E-state index contributed by atoms with van der Waals surface area (Å²) in [5, 5.41) is 0.931. The highest BCUT2D eigenvalue weighted by Crippen LogP contribution is 2.37. The van der Waals surface area contributed by atoms with Crippen molar-refractivity contribution in [1.82, 2.24) is 0 Å². The smallest absolute Gasteiger partial charge is 0.00442 e. The third-order valence-corrected chi connectivity index (χ3v) is 2.79. The van der Waals surface area contributed by atoms with Crippen molar-refractivity contribution in [1.29, 1.82) is 0 Å². The molecule has 0 aromatic rings. The quantitative estimate of drug-likeness (QED) is 0.532. The summed E-state index contributed by atoms with van der Waals surface area (Å²) in [7, 11) is 0. The molecule has 0 aromatic carbocycles. The number of rotatable bonds is 2. The maximum absolute atomic E-state index is 2.32. The van der Waals surface area contributed by atoms with Crippen molar-refractivity contribution in [2.75, 3.05) is 6.26 Å². The van der Waals surface area contributed by atoms with E-state index in [1.807, 2.05) is 11.8 Å². The molecule has 7 heavy (non-hydrogen) atoms. The molecule has 0 bridgehead atoms. The Balaban J connectivity index is 2.10. The van der Waals surface area contributed by atoms with E-state index in [2.05, 4.69) is 13.2 Å². The van der Waals surface area contributed by atoms with Crippen LogP contribution < -0.4 is 0 Å². The molecule has 1 atom stereocenters. The van der Waals surface area contributed by atoms with Crippen LogP contribution in [0, 0.1) is 5.92 Å². The van der Waals surface area contributed by atoms with Gasteiger partial charge < -0.3 is 0 Å². The first kappa shape index (κ1) is 5.49. The molecular weight excluding hydrogens is 104 g/mol. The molecule has 0 nitrogen and oxygen atoms in total. The summed E-state index contributed by atoms with van der Waals surface area (Å²) in [6, 6.07) is 0. The zero-order valence-corrected chi connectivity index (χ0v) is 5.79. The predicted octanol–water partition coefficient (Wildman–Crippen LogP) is 2.15. The highest BCUT2D eigenvalue weighted by Gasteiger charge is 2.26. The summed E-state index contributed by atoms with van der Waals surface area (Å²) in [6.07, 6.45) is 5.17. The normalized spacial score (nSPS) is 24.9. The molecule has 0 N–H and O–H groups in total. The monoisotopic (exact) mass is 116 g/mol. The minimum absolute atomic E-state index is 0.931. The number of hydrogen-bond acceptors (Lipinski definition) is 1. The Morgan fingerprint density at radius 3 is 2.29 bits per heavy atom. The maximum Gasteiger partial charge on any atom is 0.00442 e. The molecule has 42 valence electrons. The summed E-state index contributed by atoms with van der Waals surface area (Å²) in [6.45, 7) is 2.32. The standard InChI is InChI=1S/C6H12S/c1-5(7-2)6-3-4-6/h5-6H,3-4H2,1-2H3. The second-order valence-corrected chi connectivity index (χ2v) is 3.49. The molecule has 1 heteroatoms. The molecule has 1 unspecified atom stereocenters. The van der Waals surface area contributed by atoms with Crippen molar-refractivity contribution in [3.8, 4) is 0 Å². The van der Waals surface area contributed by atoms with E-state index in [0.29, 0.717) is 0 Å². The van der Waals surface area contributed by atoms with E-state index in [4.69, 9.17) is 0 Å². The lowest BCUT2D eigenvalue weighted by atomic mass is 10.3. The van der Waals surface area contributed by atoms with Crippen molar-refractivity contribution < 1.29 is 0 Å². The first-order valence-corrected chi connectivity index (χ1v) is 4.16. The second-order valence-electron chi connectivity index (χ2n) is 2.28. The van der Waals surface area contributed by atoms with Crippen molar-refractivity contribution in [2.45, 2.75) is 25.0 Å². The minimum atomic E-state index is 0.931. The number of hydrogen-bond donors (Lipinski definition) is 0. The molecule has 1 saturated carbocycles. The summed E-state index contributed by atoms with van der Waals surface area (Å²) < 4.78 is 0. The molecule has 0 heterocycles. The lowest BCUT2D eigenvalue weighted by molar-refractivity contribution is 0.822. The predicted molar refractivity (Wildman–Crippen MR) is 35.7 cm³/mol. The number of thioether (sulfide) groups is 1. The molecular formula is C6H12S. The Bertz CT molecular complexity index is 57.2. The Labute approximate surface area is 49.7 Å². The van der Waals surface area contributed by atoms with E-state index in [-0.39, 0.29) is 0 Å². The van der Waals surface area contributed by atoms with Crippen LogP contribution in [0.5, 0.6) is 0 Å². The van der Waals surface area contributed by atoms with Crippen molar-refractivity contribution >= 4 is 11.8 Å². The summed E-state index contributed by atoms with van der Waals surface area (Å²) in [4.78, 5) is 0. The van der Waals surface area contributed by atoms with Gasteiger partial charge >= 0.3 is 0 Å². The first-order chi connectivity index (χ1) is 3.34. The SMILES string of the molecule is CSC(C)C1CC1. The van der Waals surface area contributed by atoms with Gasteiger partial charge in [-0.3, -0.25) is 0 Å². The molecule has 1 aliphatic carbocycles. The van der Waals surface area contributed by atoms with Gasteiger partial charge in [-0.1, -0.05) is 6.92 Å².